The van der Waals surface area contributed by atoms with Crippen LogP contribution in [0.25, 0.3) is 0 Å². The molecule has 0 aromatic heterocycles. The van der Waals surface area contributed by atoms with Crippen LogP contribution in [-0.4, -0.2) is 48.8 Å². The maximum Gasteiger partial charge on any atom is 0.322 e. The molecule has 110 valence electrons. The normalized spacial score (nSPS) is 21.4. The first-order valence-corrected chi connectivity index (χ1v) is 6.58. The molecule has 2 unspecified atom stereocenters. The Hall–Kier alpha value is -1.66. The molecule has 2 atom stereocenters. The zero-order valence-corrected chi connectivity index (χ0v) is 11.6. The highest BCUT2D eigenvalue weighted by Gasteiger charge is 2.34. The quantitative estimate of drug-likeness (QED) is 0.870. The minimum atomic E-state index is -0.903. The van der Waals surface area contributed by atoms with E-state index in [9.17, 15) is 14.3 Å². The third kappa shape index (κ3) is 2.76. The molecule has 2 rings (SSSR count). The number of carboxylic acids is 1. The minimum Gasteiger partial charge on any atom is -0.496 e. The lowest BCUT2D eigenvalue weighted by atomic mass is 10.0. The molecular formula is C14H19FN2O3. The summed E-state index contributed by atoms with van der Waals surface area (Å²) in [6.07, 6.45) is 0. The summed E-state index contributed by atoms with van der Waals surface area (Å²) in [4.78, 5) is 13.1. The van der Waals surface area contributed by atoms with E-state index < -0.39 is 12.0 Å². The Bertz CT molecular complexity index is 495. The van der Waals surface area contributed by atoms with Gasteiger partial charge in [-0.2, -0.15) is 0 Å². The van der Waals surface area contributed by atoms with Gasteiger partial charge >= 0.3 is 5.97 Å². The van der Waals surface area contributed by atoms with E-state index in [1.807, 2.05) is 6.92 Å². The van der Waals surface area contributed by atoms with Crippen LogP contribution in [0.5, 0.6) is 5.75 Å². The largest absolute Gasteiger partial charge is 0.496 e. The molecule has 0 amide bonds. The number of methoxy groups -OCH3 is 1. The molecular weight excluding hydrogens is 263 g/mol. The molecule has 0 bridgehead atoms. The van der Waals surface area contributed by atoms with Gasteiger partial charge in [-0.05, 0) is 19.1 Å². The lowest BCUT2D eigenvalue weighted by Crippen LogP contribution is -2.55. The number of rotatable bonds is 4. The van der Waals surface area contributed by atoms with Crippen molar-refractivity contribution in [2.75, 3.05) is 26.7 Å². The molecule has 0 spiro atoms. The number of hydrogen-bond donors (Lipinski definition) is 2. The Balaban J connectivity index is 2.34. The summed E-state index contributed by atoms with van der Waals surface area (Å²) in [6.45, 7) is 3.40. The van der Waals surface area contributed by atoms with Crippen LogP contribution < -0.4 is 10.1 Å². The summed E-state index contributed by atoms with van der Waals surface area (Å²) in [5.74, 6) is -0.834. The summed E-state index contributed by atoms with van der Waals surface area (Å²) in [7, 11) is 1.48. The fourth-order valence-corrected chi connectivity index (χ4v) is 2.68. The van der Waals surface area contributed by atoms with E-state index in [0.717, 1.165) is 0 Å². The Morgan fingerprint density at radius 1 is 1.60 bits per heavy atom. The van der Waals surface area contributed by atoms with Gasteiger partial charge in [0.2, 0.25) is 0 Å². The van der Waals surface area contributed by atoms with E-state index in [2.05, 4.69) is 5.32 Å². The van der Waals surface area contributed by atoms with Gasteiger partial charge in [0.1, 0.15) is 17.6 Å². The van der Waals surface area contributed by atoms with E-state index in [0.29, 0.717) is 30.9 Å². The van der Waals surface area contributed by atoms with Gasteiger partial charge in [-0.25, -0.2) is 4.39 Å². The fourth-order valence-electron chi connectivity index (χ4n) is 2.68. The first-order valence-electron chi connectivity index (χ1n) is 6.58. The molecule has 20 heavy (non-hydrogen) atoms. The number of carboxylic acid groups (broad SMARTS) is 1. The van der Waals surface area contributed by atoms with Crippen LogP contribution in [0.4, 0.5) is 4.39 Å². The predicted octanol–water partition coefficient (Wildman–Crippen LogP) is 1.25. The van der Waals surface area contributed by atoms with Crippen LogP contribution in [0, 0.1) is 5.82 Å². The van der Waals surface area contributed by atoms with E-state index in [-0.39, 0.29) is 11.9 Å². The number of aliphatic carboxylic acids is 1. The summed E-state index contributed by atoms with van der Waals surface area (Å²) in [5, 5.41) is 12.3. The highest BCUT2D eigenvalue weighted by molar-refractivity contribution is 5.74. The number of nitrogens with one attached hydrogen (secondary N) is 1. The Morgan fingerprint density at radius 3 is 3.00 bits per heavy atom. The van der Waals surface area contributed by atoms with E-state index in [4.69, 9.17) is 4.74 Å². The van der Waals surface area contributed by atoms with Crippen LogP contribution in [0.1, 0.15) is 18.5 Å². The molecule has 1 aromatic rings. The Kier molecular flexibility index (Phi) is 4.57. The van der Waals surface area contributed by atoms with Gasteiger partial charge < -0.3 is 15.2 Å². The number of carbonyl (C=O) groups is 1. The maximum absolute atomic E-state index is 14.1. The van der Waals surface area contributed by atoms with Crippen molar-refractivity contribution in [3.63, 3.8) is 0 Å². The van der Waals surface area contributed by atoms with Crippen molar-refractivity contribution < 1.29 is 19.0 Å². The summed E-state index contributed by atoms with van der Waals surface area (Å²) < 4.78 is 19.3. The molecule has 0 saturated carbocycles. The van der Waals surface area contributed by atoms with Gasteiger partial charge in [0, 0.05) is 31.2 Å². The maximum atomic E-state index is 14.1. The number of piperazine rings is 1. The summed E-state index contributed by atoms with van der Waals surface area (Å²) >= 11 is 0. The fraction of sp³-hybridized carbons (Fsp3) is 0.500. The molecule has 1 saturated heterocycles. The molecule has 1 aliphatic heterocycles. The SMILES string of the molecule is COc1cccc(F)c1C(C)N1CCNCC1C(=O)O. The average Bonchev–Trinajstić information content (AvgIpc) is 2.46. The summed E-state index contributed by atoms with van der Waals surface area (Å²) in [5.41, 5.74) is 0.406. The second kappa shape index (κ2) is 6.19. The number of hydrogen-bond acceptors (Lipinski definition) is 4. The molecule has 1 fully saturated rings. The zero-order valence-electron chi connectivity index (χ0n) is 11.6. The topological polar surface area (TPSA) is 61.8 Å². The Morgan fingerprint density at radius 2 is 2.35 bits per heavy atom. The van der Waals surface area contributed by atoms with Crippen LogP contribution in [0.2, 0.25) is 0 Å². The van der Waals surface area contributed by atoms with Crippen LogP contribution in [0.3, 0.4) is 0 Å². The van der Waals surface area contributed by atoms with Gasteiger partial charge in [-0.3, -0.25) is 9.69 Å². The second-order valence-corrected chi connectivity index (χ2v) is 4.83. The van der Waals surface area contributed by atoms with Crippen molar-refractivity contribution in [1.29, 1.82) is 0 Å². The smallest absolute Gasteiger partial charge is 0.322 e. The minimum absolute atomic E-state index is 0.358. The van der Waals surface area contributed by atoms with Gasteiger partial charge in [0.15, 0.2) is 0 Å². The first-order chi connectivity index (χ1) is 9.56. The third-order valence-electron chi connectivity index (χ3n) is 3.72. The summed E-state index contributed by atoms with van der Waals surface area (Å²) in [6, 6.07) is 3.60. The molecule has 0 radical (unpaired) electrons. The molecule has 5 nitrogen and oxygen atoms in total. The van der Waals surface area contributed by atoms with E-state index in [1.54, 1.807) is 17.0 Å². The monoisotopic (exact) mass is 282 g/mol. The second-order valence-electron chi connectivity index (χ2n) is 4.83. The van der Waals surface area contributed by atoms with Crippen LogP contribution >= 0.6 is 0 Å². The molecule has 1 aromatic carbocycles. The third-order valence-corrected chi connectivity index (χ3v) is 3.72. The van der Waals surface area contributed by atoms with Crippen molar-refractivity contribution in [3.05, 3.63) is 29.6 Å². The highest BCUT2D eigenvalue weighted by Crippen LogP contribution is 2.32. The lowest BCUT2D eigenvalue weighted by molar-refractivity contribution is -0.145. The Labute approximate surface area is 117 Å². The van der Waals surface area contributed by atoms with Crippen molar-refractivity contribution in [2.45, 2.75) is 19.0 Å². The van der Waals surface area contributed by atoms with E-state index in [1.165, 1.54) is 13.2 Å². The zero-order chi connectivity index (χ0) is 14.7. The van der Waals surface area contributed by atoms with Gasteiger partial charge in [-0.15, -0.1) is 0 Å². The number of benzene rings is 1. The van der Waals surface area contributed by atoms with Crippen LogP contribution in [0.15, 0.2) is 18.2 Å². The standard InChI is InChI=1S/C14H19FN2O3/c1-9(13-10(15)4-3-5-12(13)20-2)17-7-6-16-8-11(17)14(18)19/h3-5,9,11,16H,6-8H2,1-2H3,(H,18,19). The lowest BCUT2D eigenvalue weighted by Gasteiger charge is -2.38. The van der Waals surface area contributed by atoms with Gasteiger partial charge in [-0.1, -0.05) is 6.07 Å². The van der Waals surface area contributed by atoms with Crippen molar-refractivity contribution >= 4 is 5.97 Å². The van der Waals surface area contributed by atoms with E-state index >= 15 is 0 Å². The molecule has 0 aliphatic carbocycles. The van der Waals surface area contributed by atoms with Crippen LogP contribution in [-0.2, 0) is 4.79 Å². The van der Waals surface area contributed by atoms with Crippen molar-refractivity contribution in [1.82, 2.24) is 10.2 Å². The number of ether oxygens (including phenoxy) is 1. The van der Waals surface area contributed by atoms with Gasteiger partial charge in [0.05, 0.1) is 7.11 Å². The highest BCUT2D eigenvalue weighted by atomic mass is 19.1. The molecule has 1 aliphatic rings. The molecule has 2 N–H and O–H groups in total. The number of nitrogens with zero attached hydrogens (tertiary/aromatic N) is 1. The molecule has 1 heterocycles. The average molecular weight is 282 g/mol. The first kappa shape index (κ1) is 14.7. The van der Waals surface area contributed by atoms with Crippen molar-refractivity contribution in [3.8, 4) is 5.75 Å². The molecule has 6 heteroatoms. The number of halogens is 1. The van der Waals surface area contributed by atoms with Crippen molar-refractivity contribution in [2.24, 2.45) is 0 Å². The van der Waals surface area contributed by atoms with Gasteiger partial charge in [0.25, 0.3) is 0 Å². The predicted molar refractivity (Wildman–Crippen MR) is 72.4 cm³/mol.